The summed E-state index contributed by atoms with van der Waals surface area (Å²) in [6.07, 6.45) is 6.24. The van der Waals surface area contributed by atoms with E-state index in [1.807, 2.05) is 6.07 Å². The van der Waals surface area contributed by atoms with Crippen molar-refractivity contribution in [2.24, 2.45) is 5.41 Å². The second-order valence-corrected chi connectivity index (χ2v) is 8.34. The molecule has 0 amide bonds. The number of nitrogens with zero attached hydrogens (tertiary/aromatic N) is 3. The third-order valence-electron chi connectivity index (χ3n) is 5.06. The van der Waals surface area contributed by atoms with Crippen LogP contribution in [0, 0.1) is 5.41 Å². The van der Waals surface area contributed by atoms with Crippen LogP contribution < -0.4 is 9.62 Å². The first-order valence-electron chi connectivity index (χ1n) is 8.14. The van der Waals surface area contributed by atoms with Crippen molar-refractivity contribution in [2.45, 2.75) is 32.2 Å². The maximum atomic E-state index is 12.0. The van der Waals surface area contributed by atoms with Crippen molar-refractivity contribution in [2.75, 3.05) is 37.0 Å². The van der Waals surface area contributed by atoms with Crippen molar-refractivity contribution >= 4 is 16.0 Å². The highest BCUT2D eigenvalue weighted by Gasteiger charge is 2.45. The van der Waals surface area contributed by atoms with Crippen LogP contribution in [0.3, 0.4) is 0 Å². The number of rotatable bonds is 4. The molecule has 23 heavy (non-hydrogen) atoms. The summed E-state index contributed by atoms with van der Waals surface area (Å²) in [7, 11) is -3.23. The number of hydrogen-bond acceptors (Lipinski definition) is 6. The fourth-order valence-electron chi connectivity index (χ4n) is 3.49. The lowest BCUT2D eigenvalue weighted by atomic mass is 9.69. The van der Waals surface area contributed by atoms with Gasteiger partial charge in [-0.3, -0.25) is 0 Å². The minimum atomic E-state index is -3.23. The SMILES string of the molecule is CCS(=O)(=O)N[C@@H]1COCCC12CCN(c1ncccn1)CC2. The molecule has 0 bridgehead atoms. The van der Waals surface area contributed by atoms with Crippen molar-refractivity contribution in [3.8, 4) is 0 Å². The maximum absolute atomic E-state index is 12.0. The lowest BCUT2D eigenvalue weighted by Gasteiger charge is -2.48. The van der Waals surface area contributed by atoms with Gasteiger partial charge in [-0.1, -0.05) is 0 Å². The van der Waals surface area contributed by atoms with Crippen LogP contribution in [0.15, 0.2) is 18.5 Å². The topological polar surface area (TPSA) is 84.4 Å². The van der Waals surface area contributed by atoms with E-state index in [0.717, 1.165) is 38.3 Å². The van der Waals surface area contributed by atoms with Crippen molar-refractivity contribution < 1.29 is 13.2 Å². The molecule has 0 aliphatic carbocycles. The number of ether oxygens (including phenoxy) is 1. The van der Waals surface area contributed by atoms with Crippen LogP contribution in [0.2, 0.25) is 0 Å². The first-order chi connectivity index (χ1) is 11.0. The number of sulfonamides is 1. The maximum Gasteiger partial charge on any atom is 0.225 e. The third kappa shape index (κ3) is 3.64. The average molecular weight is 340 g/mol. The van der Waals surface area contributed by atoms with E-state index < -0.39 is 10.0 Å². The summed E-state index contributed by atoms with van der Waals surface area (Å²) in [6.45, 7) is 4.50. The van der Waals surface area contributed by atoms with Crippen LogP contribution >= 0.6 is 0 Å². The van der Waals surface area contributed by atoms with Gasteiger partial charge in [0.2, 0.25) is 16.0 Å². The Labute approximate surface area is 137 Å². The Morgan fingerprint density at radius 2 is 2.00 bits per heavy atom. The van der Waals surface area contributed by atoms with Crippen molar-refractivity contribution in [3.63, 3.8) is 0 Å². The van der Waals surface area contributed by atoms with Crippen LogP contribution in [0.4, 0.5) is 5.95 Å². The molecule has 2 fully saturated rings. The summed E-state index contributed by atoms with van der Waals surface area (Å²) in [5, 5.41) is 0. The average Bonchev–Trinajstić information content (AvgIpc) is 2.58. The third-order valence-corrected chi connectivity index (χ3v) is 6.47. The molecule has 3 rings (SSSR count). The van der Waals surface area contributed by atoms with E-state index in [1.54, 1.807) is 19.3 Å². The zero-order valence-corrected chi connectivity index (χ0v) is 14.3. The molecule has 8 heteroatoms. The van der Waals surface area contributed by atoms with E-state index in [-0.39, 0.29) is 17.2 Å². The van der Waals surface area contributed by atoms with E-state index in [4.69, 9.17) is 4.74 Å². The van der Waals surface area contributed by atoms with E-state index in [2.05, 4.69) is 19.6 Å². The molecule has 1 aromatic rings. The number of aromatic nitrogens is 2. The van der Waals surface area contributed by atoms with Crippen molar-refractivity contribution in [1.82, 2.24) is 14.7 Å². The first kappa shape index (κ1) is 16.6. The standard InChI is InChI=1S/C15H24N4O3S/c1-2-23(20,21)18-13-12-22-11-6-15(13)4-9-19(10-5-15)14-16-7-3-8-17-14/h3,7-8,13,18H,2,4-6,9-12H2,1H3/t13-/m1/s1. The highest BCUT2D eigenvalue weighted by molar-refractivity contribution is 7.89. The van der Waals surface area contributed by atoms with Gasteiger partial charge in [-0.05, 0) is 37.7 Å². The number of nitrogens with one attached hydrogen (secondary N) is 1. The predicted octanol–water partition coefficient (Wildman–Crippen LogP) is 0.791. The molecule has 7 nitrogen and oxygen atoms in total. The van der Waals surface area contributed by atoms with Gasteiger partial charge in [0.15, 0.2) is 0 Å². The van der Waals surface area contributed by atoms with E-state index in [0.29, 0.717) is 13.2 Å². The van der Waals surface area contributed by atoms with Crippen molar-refractivity contribution in [3.05, 3.63) is 18.5 Å². The first-order valence-corrected chi connectivity index (χ1v) is 9.80. The normalized spacial score (nSPS) is 24.7. The highest BCUT2D eigenvalue weighted by Crippen LogP contribution is 2.41. The lowest BCUT2D eigenvalue weighted by Crippen LogP contribution is -2.57. The molecular formula is C15H24N4O3S. The lowest BCUT2D eigenvalue weighted by molar-refractivity contribution is -0.0234. The number of anilines is 1. The van der Waals surface area contributed by atoms with Crippen LogP contribution in [-0.4, -0.2) is 56.5 Å². The summed E-state index contributed by atoms with van der Waals surface area (Å²) in [4.78, 5) is 10.8. The van der Waals surface area contributed by atoms with Gasteiger partial charge < -0.3 is 9.64 Å². The molecule has 3 heterocycles. The summed E-state index contributed by atoms with van der Waals surface area (Å²) in [6, 6.07) is 1.67. The Kier molecular flexibility index (Phi) is 4.84. The Bertz CT molecular complexity index is 615. The Morgan fingerprint density at radius 1 is 1.30 bits per heavy atom. The zero-order valence-electron chi connectivity index (χ0n) is 13.4. The summed E-state index contributed by atoms with van der Waals surface area (Å²) in [5.74, 6) is 0.851. The largest absolute Gasteiger partial charge is 0.380 e. The van der Waals surface area contributed by atoms with Gasteiger partial charge in [-0.2, -0.15) is 0 Å². The molecule has 0 aromatic carbocycles. The Balaban J connectivity index is 1.71. The van der Waals surface area contributed by atoms with Crippen molar-refractivity contribution in [1.29, 1.82) is 0 Å². The molecule has 1 N–H and O–H groups in total. The molecule has 1 aromatic heterocycles. The molecule has 0 unspecified atom stereocenters. The second kappa shape index (κ2) is 6.70. The van der Waals surface area contributed by atoms with E-state index in [1.165, 1.54) is 0 Å². The molecule has 1 spiro atoms. The minimum Gasteiger partial charge on any atom is -0.380 e. The highest BCUT2D eigenvalue weighted by atomic mass is 32.2. The fourth-order valence-corrected chi connectivity index (χ4v) is 4.41. The van der Waals surface area contributed by atoms with Crippen LogP contribution in [0.1, 0.15) is 26.2 Å². The van der Waals surface area contributed by atoms with Crippen LogP contribution in [-0.2, 0) is 14.8 Å². The van der Waals surface area contributed by atoms with Gasteiger partial charge in [0, 0.05) is 32.1 Å². The molecule has 2 saturated heterocycles. The second-order valence-electron chi connectivity index (χ2n) is 6.30. The van der Waals surface area contributed by atoms with Gasteiger partial charge >= 0.3 is 0 Å². The van der Waals surface area contributed by atoms with E-state index >= 15 is 0 Å². The summed E-state index contributed by atoms with van der Waals surface area (Å²) < 4.78 is 32.4. The molecule has 0 radical (unpaired) electrons. The van der Waals surface area contributed by atoms with E-state index in [9.17, 15) is 8.42 Å². The molecular weight excluding hydrogens is 316 g/mol. The monoisotopic (exact) mass is 340 g/mol. The molecule has 2 aliphatic rings. The Morgan fingerprint density at radius 3 is 2.65 bits per heavy atom. The Hall–Kier alpha value is -1.25. The summed E-state index contributed by atoms with van der Waals surface area (Å²) in [5.41, 5.74) is -0.0221. The molecule has 128 valence electrons. The fraction of sp³-hybridized carbons (Fsp3) is 0.733. The molecule has 1 atom stereocenters. The minimum absolute atomic E-state index is 0.0221. The van der Waals surface area contributed by atoms with Gasteiger partial charge in [-0.15, -0.1) is 0 Å². The van der Waals surface area contributed by atoms with Crippen LogP contribution in [0.5, 0.6) is 0 Å². The zero-order chi connectivity index (χ0) is 16.3. The summed E-state index contributed by atoms with van der Waals surface area (Å²) >= 11 is 0. The smallest absolute Gasteiger partial charge is 0.225 e. The van der Waals surface area contributed by atoms with Gasteiger partial charge in [0.1, 0.15) is 0 Å². The van der Waals surface area contributed by atoms with Gasteiger partial charge in [-0.25, -0.2) is 23.1 Å². The van der Waals surface area contributed by atoms with Crippen LogP contribution in [0.25, 0.3) is 0 Å². The molecule has 0 saturated carbocycles. The number of hydrogen-bond donors (Lipinski definition) is 1. The molecule has 2 aliphatic heterocycles. The van der Waals surface area contributed by atoms with Gasteiger partial charge in [0.25, 0.3) is 0 Å². The quantitative estimate of drug-likeness (QED) is 0.872. The number of piperidine rings is 1. The predicted molar refractivity (Wildman–Crippen MR) is 87.7 cm³/mol. The van der Waals surface area contributed by atoms with Gasteiger partial charge in [0.05, 0.1) is 18.4 Å².